The van der Waals surface area contributed by atoms with E-state index in [1.807, 2.05) is 13.1 Å². The maximum atomic E-state index is 13.6. The van der Waals surface area contributed by atoms with Crippen LogP contribution < -0.4 is 5.32 Å². The van der Waals surface area contributed by atoms with Gasteiger partial charge in [0.1, 0.15) is 5.82 Å². The van der Waals surface area contributed by atoms with Gasteiger partial charge in [-0.15, -0.1) is 0 Å². The predicted octanol–water partition coefficient (Wildman–Crippen LogP) is 2.29. The second-order valence-corrected chi connectivity index (χ2v) is 4.99. The number of halogens is 2. The van der Waals surface area contributed by atoms with Crippen LogP contribution in [0.25, 0.3) is 0 Å². The van der Waals surface area contributed by atoms with Crippen molar-refractivity contribution in [3.63, 3.8) is 0 Å². The first-order valence-corrected chi connectivity index (χ1v) is 6.57. The molecule has 1 N–H and O–H groups in total. The first-order valence-electron chi connectivity index (χ1n) is 5.78. The van der Waals surface area contributed by atoms with Crippen LogP contribution in [0.15, 0.2) is 34.9 Å². The quantitative estimate of drug-likeness (QED) is 0.937. The molecule has 6 heteroatoms. The smallest absolute Gasteiger partial charge is 0.254 e. The van der Waals surface area contributed by atoms with Gasteiger partial charge in [0, 0.05) is 36.4 Å². The summed E-state index contributed by atoms with van der Waals surface area (Å²) in [5.41, 5.74) is 1.06. The van der Waals surface area contributed by atoms with Gasteiger partial charge in [0.2, 0.25) is 0 Å². The topological polar surface area (TPSA) is 46.9 Å². The lowest BCUT2D eigenvalue weighted by atomic mass is 10.2. The van der Waals surface area contributed by atoms with Crippen molar-refractivity contribution in [3.05, 3.63) is 52.0 Å². The molecule has 19 heavy (non-hydrogen) atoms. The van der Waals surface area contributed by atoms with Crippen molar-refractivity contribution in [2.75, 3.05) is 6.54 Å². The summed E-state index contributed by atoms with van der Waals surface area (Å²) in [4.78, 5) is 11.8. The largest absolute Gasteiger partial charge is 0.352 e. The van der Waals surface area contributed by atoms with Crippen LogP contribution in [0.3, 0.4) is 0 Å². The number of nitrogens with zero attached hydrogens (tertiary/aromatic N) is 2. The Kier molecular flexibility index (Phi) is 4.31. The number of aryl methyl sites for hydroxylation is 1. The fraction of sp³-hybridized carbons (Fsp3) is 0.231. The first-order chi connectivity index (χ1) is 9.08. The second kappa shape index (κ2) is 5.97. The van der Waals surface area contributed by atoms with Crippen LogP contribution in [-0.4, -0.2) is 22.2 Å². The Labute approximate surface area is 118 Å². The SMILES string of the molecule is Cn1nccc1CCNC(=O)c1ccc(Br)cc1F. The van der Waals surface area contributed by atoms with Gasteiger partial charge in [-0.1, -0.05) is 15.9 Å². The number of benzene rings is 1. The molecule has 100 valence electrons. The maximum absolute atomic E-state index is 13.6. The summed E-state index contributed by atoms with van der Waals surface area (Å²) in [7, 11) is 1.84. The number of rotatable bonds is 4. The van der Waals surface area contributed by atoms with Crippen molar-refractivity contribution in [3.8, 4) is 0 Å². The highest BCUT2D eigenvalue weighted by atomic mass is 79.9. The molecular formula is C13H13BrFN3O. The zero-order valence-electron chi connectivity index (χ0n) is 10.4. The van der Waals surface area contributed by atoms with Gasteiger partial charge in [0.15, 0.2) is 0 Å². The summed E-state index contributed by atoms with van der Waals surface area (Å²) in [6.07, 6.45) is 2.35. The summed E-state index contributed by atoms with van der Waals surface area (Å²) < 4.78 is 15.9. The van der Waals surface area contributed by atoms with Crippen LogP contribution in [0.2, 0.25) is 0 Å². The highest BCUT2D eigenvalue weighted by molar-refractivity contribution is 9.10. The van der Waals surface area contributed by atoms with Gasteiger partial charge in [-0.2, -0.15) is 5.10 Å². The van der Waals surface area contributed by atoms with E-state index in [-0.39, 0.29) is 5.56 Å². The molecule has 0 bridgehead atoms. The number of amides is 1. The van der Waals surface area contributed by atoms with E-state index in [1.54, 1.807) is 16.9 Å². The molecule has 2 aromatic rings. The number of hydrogen-bond donors (Lipinski definition) is 1. The average Bonchev–Trinajstić information content (AvgIpc) is 2.75. The summed E-state index contributed by atoms with van der Waals surface area (Å²) in [5.74, 6) is -0.945. The minimum atomic E-state index is -0.535. The molecule has 0 aliphatic carbocycles. The summed E-state index contributed by atoms with van der Waals surface area (Å²) in [5, 5.41) is 6.72. The van der Waals surface area contributed by atoms with Crippen LogP contribution in [0.1, 0.15) is 16.1 Å². The van der Waals surface area contributed by atoms with Gasteiger partial charge in [-0.3, -0.25) is 9.48 Å². The van der Waals surface area contributed by atoms with Crippen LogP contribution >= 0.6 is 15.9 Å². The van der Waals surface area contributed by atoms with E-state index < -0.39 is 11.7 Å². The molecular weight excluding hydrogens is 313 g/mol. The van der Waals surface area contributed by atoms with Crippen molar-refractivity contribution < 1.29 is 9.18 Å². The van der Waals surface area contributed by atoms with E-state index in [2.05, 4.69) is 26.3 Å². The molecule has 2 rings (SSSR count). The van der Waals surface area contributed by atoms with E-state index in [4.69, 9.17) is 0 Å². The van der Waals surface area contributed by atoms with Gasteiger partial charge >= 0.3 is 0 Å². The number of hydrogen-bond acceptors (Lipinski definition) is 2. The van der Waals surface area contributed by atoms with Crippen LogP contribution in [0, 0.1) is 5.82 Å². The molecule has 0 saturated carbocycles. The molecule has 1 aromatic heterocycles. The lowest BCUT2D eigenvalue weighted by Gasteiger charge is -2.06. The third kappa shape index (κ3) is 3.41. The third-order valence-corrected chi connectivity index (χ3v) is 3.26. The molecule has 1 heterocycles. The number of nitrogens with one attached hydrogen (secondary N) is 1. The van der Waals surface area contributed by atoms with E-state index in [9.17, 15) is 9.18 Å². The Morgan fingerprint density at radius 1 is 1.47 bits per heavy atom. The number of aromatic nitrogens is 2. The molecule has 0 aliphatic heterocycles. The van der Waals surface area contributed by atoms with Crippen LogP contribution in [-0.2, 0) is 13.5 Å². The lowest BCUT2D eigenvalue weighted by molar-refractivity contribution is 0.0950. The fourth-order valence-electron chi connectivity index (χ4n) is 1.72. The normalized spacial score (nSPS) is 10.5. The minimum Gasteiger partial charge on any atom is -0.352 e. The van der Waals surface area contributed by atoms with E-state index in [0.29, 0.717) is 17.4 Å². The van der Waals surface area contributed by atoms with Gasteiger partial charge in [0.25, 0.3) is 5.91 Å². The number of carbonyl (C=O) groups is 1. The van der Waals surface area contributed by atoms with Gasteiger partial charge in [-0.25, -0.2) is 4.39 Å². The summed E-state index contributed by atoms with van der Waals surface area (Å²) in [6.45, 7) is 0.438. The van der Waals surface area contributed by atoms with Gasteiger partial charge in [0.05, 0.1) is 5.56 Å². The van der Waals surface area contributed by atoms with Gasteiger partial charge < -0.3 is 5.32 Å². The van der Waals surface area contributed by atoms with E-state index in [1.165, 1.54) is 12.1 Å². The zero-order chi connectivity index (χ0) is 13.8. The molecule has 4 nitrogen and oxygen atoms in total. The fourth-order valence-corrected chi connectivity index (χ4v) is 2.05. The standard InChI is InChI=1S/C13H13BrFN3O/c1-18-10(5-7-17-18)4-6-16-13(19)11-3-2-9(14)8-12(11)15/h2-3,5,7-8H,4,6H2,1H3,(H,16,19). The highest BCUT2D eigenvalue weighted by Crippen LogP contribution is 2.15. The summed E-state index contributed by atoms with van der Waals surface area (Å²) in [6, 6.07) is 6.25. The van der Waals surface area contributed by atoms with E-state index >= 15 is 0 Å². The van der Waals surface area contributed by atoms with Crippen molar-refractivity contribution in [2.45, 2.75) is 6.42 Å². The molecule has 0 saturated heterocycles. The lowest BCUT2D eigenvalue weighted by Crippen LogP contribution is -2.27. The second-order valence-electron chi connectivity index (χ2n) is 4.08. The van der Waals surface area contributed by atoms with Gasteiger partial charge in [-0.05, 0) is 24.3 Å². The Balaban J connectivity index is 1.93. The maximum Gasteiger partial charge on any atom is 0.254 e. The Bertz CT molecular complexity index is 597. The Morgan fingerprint density at radius 2 is 2.26 bits per heavy atom. The highest BCUT2D eigenvalue weighted by Gasteiger charge is 2.11. The van der Waals surface area contributed by atoms with E-state index in [0.717, 1.165) is 5.69 Å². The Morgan fingerprint density at radius 3 is 2.89 bits per heavy atom. The zero-order valence-corrected chi connectivity index (χ0v) is 11.9. The van der Waals surface area contributed by atoms with Crippen LogP contribution in [0.4, 0.5) is 4.39 Å². The molecule has 1 amide bonds. The minimum absolute atomic E-state index is 0.0493. The molecule has 1 aromatic carbocycles. The third-order valence-electron chi connectivity index (χ3n) is 2.76. The average molecular weight is 326 g/mol. The molecule has 0 spiro atoms. The van der Waals surface area contributed by atoms with Crippen molar-refractivity contribution in [1.82, 2.24) is 15.1 Å². The molecule has 0 unspecified atom stereocenters. The van der Waals surface area contributed by atoms with Crippen molar-refractivity contribution >= 4 is 21.8 Å². The monoisotopic (exact) mass is 325 g/mol. The summed E-state index contributed by atoms with van der Waals surface area (Å²) >= 11 is 3.15. The number of carbonyl (C=O) groups excluding carboxylic acids is 1. The molecule has 0 radical (unpaired) electrons. The molecule has 0 aliphatic rings. The van der Waals surface area contributed by atoms with Crippen LogP contribution in [0.5, 0.6) is 0 Å². The molecule has 0 fully saturated rings. The Hall–Kier alpha value is -1.69. The van der Waals surface area contributed by atoms with Crippen molar-refractivity contribution in [2.24, 2.45) is 7.05 Å². The predicted molar refractivity (Wildman–Crippen MR) is 73.3 cm³/mol. The first kappa shape index (κ1) is 13.7. The molecule has 0 atom stereocenters. The van der Waals surface area contributed by atoms with Crippen molar-refractivity contribution in [1.29, 1.82) is 0 Å².